The first-order valence-corrected chi connectivity index (χ1v) is 9.09. The second kappa shape index (κ2) is 8.99. The number of carbonyl (C=O) groups excluding carboxylic acids is 1. The third-order valence-corrected chi connectivity index (χ3v) is 4.44. The zero-order valence-electron chi connectivity index (χ0n) is 15.3. The van der Waals surface area contributed by atoms with Crippen LogP contribution in [0.3, 0.4) is 0 Å². The van der Waals surface area contributed by atoms with Gasteiger partial charge in [0, 0.05) is 24.3 Å². The molecular formula is C23H23FN2O. The first-order valence-electron chi connectivity index (χ1n) is 9.09. The van der Waals surface area contributed by atoms with Gasteiger partial charge in [0.1, 0.15) is 5.82 Å². The van der Waals surface area contributed by atoms with Crippen molar-refractivity contribution in [2.45, 2.75) is 26.4 Å². The first-order chi connectivity index (χ1) is 13.2. The highest BCUT2D eigenvalue weighted by Crippen LogP contribution is 2.17. The Morgan fingerprint density at radius 1 is 0.889 bits per heavy atom. The van der Waals surface area contributed by atoms with Crippen LogP contribution in [-0.2, 0) is 19.5 Å². The summed E-state index contributed by atoms with van der Waals surface area (Å²) >= 11 is 0. The second-order valence-corrected chi connectivity index (χ2v) is 6.37. The Morgan fingerprint density at radius 2 is 1.67 bits per heavy atom. The molecule has 0 aromatic heterocycles. The van der Waals surface area contributed by atoms with E-state index in [1.807, 2.05) is 30.3 Å². The van der Waals surface area contributed by atoms with Gasteiger partial charge in [0.15, 0.2) is 0 Å². The third kappa shape index (κ3) is 5.17. The van der Waals surface area contributed by atoms with Gasteiger partial charge in [-0.05, 0) is 53.4 Å². The number of halogens is 1. The lowest BCUT2D eigenvalue weighted by molar-refractivity contribution is 0.0951. The van der Waals surface area contributed by atoms with E-state index in [4.69, 9.17) is 0 Å². The highest BCUT2D eigenvalue weighted by atomic mass is 19.1. The molecule has 0 aliphatic heterocycles. The van der Waals surface area contributed by atoms with Gasteiger partial charge in [-0.3, -0.25) is 4.79 Å². The zero-order valence-corrected chi connectivity index (χ0v) is 15.3. The van der Waals surface area contributed by atoms with Crippen molar-refractivity contribution in [3.8, 4) is 0 Å². The average molecular weight is 362 g/mol. The molecule has 138 valence electrons. The van der Waals surface area contributed by atoms with Crippen molar-refractivity contribution < 1.29 is 9.18 Å². The molecule has 2 N–H and O–H groups in total. The SMILES string of the molecule is CCc1ccccc1NCc1cccc(C(=O)NCc2ccc(F)cc2)c1. The topological polar surface area (TPSA) is 41.1 Å². The largest absolute Gasteiger partial charge is 0.381 e. The first kappa shape index (κ1) is 18.6. The molecule has 0 spiro atoms. The summed E-state index contributed by atoms with van der Waals surface area (Å²) in [5.74, 6) is -0.426. The van der Waals surface area contributed by atoms with Crippen LogP contribution in [-0.4, -0.2) is 5.91 Å². The zero-order chi connectivity index (χ0) is 19.1. The van der Waals surface area contributed by atoms with Gasteiger partial charge in [0.25, 0.3) is 5.91 Å². The second-order valence-electron chi connectivity index (χ2n) is 6.37. The van der Waals surface area contributed by atoms with Crippen molar-refractivity contribution in [2.24, 2.45) is 0 Å². The van der Waals surface area contributed by atoms with Gasteiger partial charge in [0.2, 0.25) is 0 Å². The summed E-state index contributed by atoms with van der Waals surface area (Å²) in [5, 5.41) is 6.31. The highest BCUT2D eigenvalue weighted by Gasteiger charge is 2.07. The smallest absolute Gasteiger partial charge is 0.251 e. The molecular weight excluding hydrogens is 339 g/mol. The molecule has 0 unspecified atom stereocenters. The number of aryl methyl sites for hydroxylation is 1. The molecule has 27 heavy (non-hydrogen) atoms. The average Bonchev–Trinajstić information content (AvgIpc) is 2.72. The van der Waals surface area contributed by atoms with Crippen molar-refractivity contribution in [3.63, 3.8) is 0 Å². The Labute approximate surface area is 159 Å². The third-order valence-electron chi connectivity index (χ3n) is 4.44. The van der Waals surface area contributed by atoms with Crippen LogP contribution in [0, 0.1) is 5.82 Å². The molecule has 0 fully saturated rings. The van der Waals surface area contributed by atoms with E-state index < -0.39 is 0 Å². The Kier molecular flexibility index (Phi) is 6.21. The van der Waals surface area contributed by atoms with Gasteiger partial charge in [-0.25, -0.2) is 4.39 Å². The highest BCUT2D eigenvalue weighted by molar-refractivity contribution is 5.94. The van der Waals surface area contributed by atoms with Gasteiger partial charge in [-0.1, -0.05) is 49.4 Å². The Balaban J connectivity index is 1.60. The maximum Gasteiger partial charge on any atom is 0.251 e. The van der Waals surface area contributed by atoms with Crippen molar-refractivity contribution in [3.05, 3.63) is 101 Å². The Morgan fingerprint density at radius 3 is 2.44 bits per heavy atom. The van der Waals surface area contributed by atoms with Gasteiger partial charge in [0.05, 0.1) is 0 Å². The molecule has 3 nitrogen and oxygen atoms in total. The van der Waals surface area contributed by atoms with Crippen LogP contribution in [0.4, 0.5) is 10.1 Å². The monoisotopic (exact) mass is 362 g/mol. The van der Waals surface area contributed by atoms with E-state index >= 15 is 0 Å². The molecule has 3 aromatic rings. The number of anilines is 1. The number of amides is 1. The molecule has 3 aromatic carbocycles. The molecule has 0 radical (unpaired) electrons. The molecule has 0 saturated carbocycles. The lowest BCUT2D eigenvalue weighted by Gasteiger charge is -2.12. The normalized spacial score (nSPS) is 10.4. The Hall–Kier alpha value is -3.14. The van der Waals surface area contributed by atoms with E-state index in [1.54, 1.807) is 18.2 Å². The minimum Gasteiger partial charge on any atom is -0.381 e. The minimum atomic E-state index is -0.282. The maximum atomic E-state index is 12.9. The van der Waals surface area contributed by atoms with Gasteiger partial charge in [-0.15, -0.1) is 0 Å². The number of hydrogen-bond donors (Lipinski definition) is 2. The summed E-state index contributed by atoms with van der Waals surface area (Å²) in [6.45, 7) is 3.15. The van der Waals surface area contributed by atoms with Crippen molar-refractivity contribution in [2.75, 3.05) is 5.32 Å². The molecule has 1 amide bonds. The number of para-hydroxylation sites is 1. The molecule has 0 aliphatic carbocycles. The van der Waals surface area contributed by atoms with Crippen LogP contribution >= 0.6 is 0 Å². The van der Waals surface area contributed by atoms with E-state index in [-0.39, 0.29) is 11.7 Å². The Bertz CT molecular complexity index is 906. The summed E-state index contributed by atoms with van der Waals surface area (Å²) in [6.07, 6.45) is 0.967. The fourth-order valence-electron chi connectivity index (χ4n) is 2.91. The minimum absolute atomic E-state index is 0.143. The van der Waals surface area contributed by atoms with E-state index in [0.717, 1.165) is 23.2 Å². The lowest BCUT2D eigenvalue weighted by atomic mass is 10.1. The molecule has 0 saturated heterocycles. The van der Waals surface area contributed by atoms with Crippen LogP contribution in [0.1, 0.15) is 34.0 Å². The van der Waals surface area contributed by atoms with E-state index in [1.165, 1.54) is 17.7 Å². The summed E-state index contributed by atoms with van der Waals surface area (Å²) in [7, 11) is 0. The standard InChI is InChI=1S/C23H23FN2O/c1-2-19-7-3-4-9-22(19)25-16-18-6-5-8-20(14-18)23(27)26-15-17-10-12-21(24)13-11-17/h3-14,25H,2,15-16H2,1H3,(H,26,27). The molecule has 0 aliphatic rings. The van der Waals surface area contributed by atoms with E-state index in [0.29, 0.717) is 18.7 Å². The predicted molar refractivity (Wildman–Crippen MR) is 107 cm³/mol. The van der Waals surface area contributed by atoms with Gasteiger partial charge < -0.3 is 10.6 Å². The summed E-state index contributed by atoms with van der Waals surface area (Å²) in [4.78, 5) is 12.4. The van der Waals surface area contributed by atoms with Gasteiger partial charge in [-0.2, -0.15) is 0 Å². The van der Waals surface area contributed by atoms with Crippen LogP contribution < -0.4 is 10.6 Å². The quantitative estimate of drug-likeness (QED) is 0.626. The van der Waals surface area contributed by atoms with Crippen molar-refractivity contribution >= 4 is 11.6 Å². The fraction of sp³-hybridized carbons (Fsp3) is 0.174. The number of rotatable bonds is 7. The van der Waals surface area contributed by atoms with Gasteiger partial charge >= 0.3 is 0 Å². The lowest BCUT2D eigenvalue weighted by Crippen LogP contribution is -2.23. The molecule has 4 heteroatoms. The summed E-state index contributed by atoms with van der Waals surface area (Å²) in [6, 6.07) is 21.9. The van der Waals surface area contributed by atoms with Crippen LogP contribution in [0.15, 0.2) is 72.8 Å². The van der Waals surface area contributed by atoms with Crippen LogP contribution in [0.2, 0.25) is 0 Å². The maximum absolute atomic E-state index is 12.9. The fourth-order valence-corrected chi connectivity index (χ4v) is 2.91. The summed E-state index contributed by atoms with van der Waals surface area (Å²) < 4.78 is 12.9. The molecule has 0 atom stereocenters. The number of nitrogens with one attached hydrogen (secondary N) is 2. The number of hydrogen-bond acceptors (Lipinski definition) is 2. The van der Waals surface area contributed by atoms with Crippen molar-refractivity contribution in [1.82, 2.24) is 5.32 Å². The molecule has 0 heterocycles. The van der Waals surface area contributed by atoms with Crippen LogP contribution in [0.25, 0.3) is 0 Å². The number of benzene rings is 3. The van der Waals surface area contributed by atoms with Crippen LogP contribution in [0.5, 0.6) is 0 Å². The number of carbonyl (C=O) groups is 1. The van der Waals surface area contributed by atoms with Crippen molar-refractivity contribution in [1.29, 1.82) is 0 Å². The molecule has 0 bridgehead atoms. The van der Waals surface area contributed by atoms with E-state index in [2.05, 4.69) is 29.7 Å². The van der Waals surface area contributed by atoms with E-state index in [9.17, 15) is 9.18 Å². The molecule has 3 rings (SSSR count). The predicted octanol–water partition coefficient (Wildman–Crippen LogP) is 4.93. The summed E-state index contributed by atoms with van der Waals surface area (Å²) in [5.41, 5.74) is 4.89.